The third kappa shape index (κ3) is 5.09. The Morgan fingerprint density at radius 1 is 1.11 bits per heavy atom. The summed E-state index contributed by atoms with van der Waals surface area (Å²) in [4.78, 5) is 4.69. The molecule has 0 fully saturated rings. The van der Waals surface area contributed by atoms with Crippen LogP contribution in [0.25, 0.3) is 22.9 Å². The fourth-order valence-corrected chi connectivity index (χ4v) is 3.68. The van der Waals surface area contributed by atoms with Crippen molar-refractivity contribution in [3.63, 3.8) is 0 Å². The maximum atomic E-state index is 9.60. The number of allylic oxidation sites excluding steroid dienone is 1. The summed E-state index contributed by atoms with van der Waals surface area (Å²) in [6.07, 6.45) is 5.39. The van der Waals surface area contributed by atoms with Gasteiger partial charge >= 0.3 is 0 Å². The number of benzene rings is 2. The van der Waals surface area contributed by atoms with Gasteiger partial charge in [-0.05, 0) is 49.1 Å². The Bertz CT molecular complexity index is 963. The van der Waals surface area contributed by atoms with Crippen LogP contribution in [0, 0.1) is 11.3 Å². The Balaban J connectivity index is 1.78. The van der Waals surface area contributed by atoms with Crippen molar-refractivity contribution in [2.24, 2.45) is 0 Å². The molecule has 2 aromatic carbocycles. The summed E-state index contributed by atoms with van der Waals surface area (Å²) < 4.78 is 5.46. The molecule has 0 saturated carbocycles. The Morgan fingerprint density at radius 3 is 2.50 bits per heavy atom. The molecular weight excluding hydrogens is 364 g/mol. The molecule has 1 aromatic heterocycles. The highest BCUT2D eigenvalue weighted by molar-refractivity contribution is 7.11. The molecule has 0 aliphatic carbocycles. The number of rotatable bonds is 8. The molecule has 0 aliphatic rings. The molecule has 3 rings (SSSR count). The van der Waals surface area contributed by atoms with Gasteiger partial charge in [-0.3, -0.25) is 0 Å². The van der Waals surface area contributed by atoms with Crippen molar-refractivity contribution < 1.29 is 4.74 Å². The number of aromatic nitrogens is 1. The number of thiazole rings is 1. The number of unbranched alkanes of at least 4 members (excludes halogenated alkanes) is 1. The Morgan fingerprint density at radius 2 is 1.86 bits per heavy atom. The van der Waals surface area contributed by atoms with Crippen LogP contribution in [0.2, 0.25) is 0 Å². The lowest BCUT2D eigenvalue weighted by Crippen LogP contribution is -1.90. The lowest BCUT2D eigenvalue weighted by Gasteiger charge is -2.03. The van der Waals surface area contributed by atoms with Gasteiger partial charge in [0.1, 0.15) is 16.8 Å². The third-order valence-corrected chi connectivity index (χ3v) is 5.30. The summed E-state index contributed by atoms with van der Waals surface area (Å²) >= 11 is 1.50. The SMILES string of the molecule is CCCCc1ccc(-c2csc(/C(C#N)=C\c3ccc(OCC)cc3)n2)cc1. The monoisotopic (exact) mass is 388 g/mol. The van der Waals surface area contributed by atoms with E-state index in [-0.39, 0.29) is 0 Å². The smallest absolute Gasteiger partial charge is 0.134 e. The number of aryl methyl sites for hydroxylation is 1. The summed E-state index contributed by atoms with van der Waals surface area (Å²) in [5, 5.41) is 12.4. The quantitative estimate of drug-likeness (QED) is 0.408. The second kappa shape index (κ2) is 9.87. The predicted molar refractivity (Wildman–Crippen MR) is 117 cm³/mol. The lowest BCUT2D eigenvalue weighted by atomic mass is 10.1. The van der Waals surface area contributed by atoms with E-state index in [4.69, 9.17) is 4.74 Å². The molecule has 0 unspecified atom stereocenters. The largest absolute Gasteiger partial charge is 0.494 e. The average molecular weight is 389 g/mol. The summed E-state index contributed by atoms with van der Waals surface area (Å²) in [5.74, 6) is 0.831. The van der Waals surface area contributed by atoms with Crippen molar-refractivity contribution in [1.29, 1.82) is 5.26 Å². The molecule has 0 atom stereocenters. The molecule has 3 aromatic rings. The number of nitrogens with zero attached hydrogens (tertiary/aromatic N) is 2. The van der Waals surface area contributed by atoms with E-state index in [0.717, 1.165) is 34.0 Å². The van der Waals surface area contributed by atoms with Gasteiger partial charge in [0.25, 0.3) is 0 Å². The second-order valence-electron chi connectivity index (χ2n) is 6.51. The van der Waals surface area contributed by atoms with Gasteiger partial charge in [0.2, 0.25) is 0 Å². The molecule has 0 bridgehead atoms. The first-order chi connectivity index (χ1) is 13.7. The molecule has 28 heavy (non-hydrogen) atoms. The minimum Gasteiger partial charge on any atom is -0.494 e. The maximum Gasteiger partial charge on any atom is 0.134 e. The van der Waals surface area contributed by atoms with E-state index < -0.39 is 0 Å². The lowest BCUT2D eigenvalue weighted by molar-refractivity contribution is 0.340. The van der Waals surface area contributed by atoms with Crippen molar-refractivity contribution in [3.05, 3.63) is 70.0 Å². The van der Waals surface area contributed by atoms with E-state index in [0.29, 0.717) is 12.2 Å². The van der Waals surface area contributed by atoms with Crippen molar-refractivity contribution in [1.82, 2.24) is 4.98 Å². The van der Waals surface area contributed by atoms with Crippen molar-refractivity contribution >= 4 is 23.0 Å². The summed E-state index contributed by atoms with van der Waals surface area (Å²) in [6.45, 7) is 4.80. The minimum absolute atomic E-state index is 0.569. The molecule has 142 valence electrons. The van der Waals surface area contributed by atoms with Gasteiger partial charge in [-0.25, -0.2) is 4.98 Å². The first kappa shape index (κ1) is 19.9. The van der Waals surface area contributed by atoms with Gasteiger partial charge in [0.05, 0.1) is 17.9 Å². The summed E-state index contributed by atoms with van der Waals surface area (Å²) in [7, 11) is 0. The molecule has 4 heteroatoms. The number of hydrogen-bond donors (Lipinski definition) is 0. The molecule has 3 nitrogen and oxygen atoms in total. The highest BCUT2D eigenvalue weighted by atomic mass is 32.1. The molecule has 1 heterocycles. The van der Waals surface area contributed by atoms with E-state index in [1.165, 1.54) is 29.7 Å². The number of ether oxygens (including phenoxy) is 1. The molecule has 0 N–H and O–H groups in total. The summed E-state index contributed by atoms with van der Waals surface area (Å²) in [6, 6.07) is 18.6. The van der Waals surface area contributed by atoms with E-state index in [2.05, 4.69) is 42.2 Å². The van der Waals surface area contributed by atoms with E-state index in [1.807, 2.05) is 42.6 Å². The molecule has 0 aliphatic heterocycles. The van der Waals surface area contributed by atoms with Crippen LogP contribution in [-0.4, -0.2) is 11.6 Å². The normalized spacial score (nSPS) is 11.2. The highest BCUT2D eigenvalue weighted by Gasteiger charge is 2.09. The molecule has 0 amide bonds. The Kier molecular flexibility index (Phi) is 7.00. The van der Waals surface area contributed by atoms with Gasteiger partial charge in [-0.2, -0.15) is 5.26 Å². The van der Waals surface area contributed by atoms with Crippen LogP contribution in [0.15, 0.2) is 53.9 Å². The van der Waals surface area contributed by atoms with E-state index in [9.17, 15) is 5.26 Å². The zero-order chi connectivity index (χ0) is 19.8. The Hall–Kier alpha value is -2.90. The fourth-order valence-electron chi connectivity index (χ4n) is 2.89. The van der Waals surface area contributed by atoms with Crippen LogP contribution in [0.4, 0.5) is 0 Å². The van der Waals surface area contributed by atoms with Crippen LogP contribution >= 0.6 is 11.3 Å². The number of hydrogen-bond acceptors (Lipinski definition) is 4. The van der Waals surface area contributed by atoms with Gasteiger partial charge in [0, 0.05) is 10.9 Å². The molecule has 0 saturated heterocycles. The van der Waals surface area contributed by atoms with Crippen molar-refractivity contribution in [2.75, 3.05) is 6.61 Å². The predicted octanol–water partition coefficient (Wildman–Crippen LogP) is 6.62. The maximum absolute atomic E-state index is 9.60. The van der Waals surface area contributed by atoms with Gasteiger partial charge in [-0.1, -0.05) is 49.7 Å². The zero-order valence-electron chi connectivity index (χ0n) is 16.3. The van der Waals surface area contributed by atoms with Crippen molar-refractivity contribution in [2.45, 2.75) is 33.1 Å². The summed E-state index contributed by atoms with van der Waals surface area (Å²) in [5.41, 5.74) is 4.88. The second-order valence-corrected chi connectivity index (χ2v) is 7.37. The average Bonchev–Trinajstić information content (AvgIpc) is 3.22. The molecule has 0 radical (unpaired) electrons. The first-order valence-corrected chi connectivity index (χ1v) is 10.5. The Labute approximate surface area is 171 Å². The molecule has 0 spiro atoms. The van der Waals surface area contributed by atoms with Crippen LogP contribution in [0.5, 0.6) is 5.75 Å². The third-order valence-electron chi connectivity index (χ3n) is 4.43. The van der Waals surface area contributed by atoms with Crippen molar-refractivity contribution in [3.8, 4) is 23.1 Å². The van der Waals surface area contributed by atoms with Crippen LogP contribution in [0.1, 0.15) is 42.8 Å². The van der Waals surface area contributed by atoms with E-state index in [1.54, 1.807) is 0 Å². The highest BCUT2D eigenvalue weighted by Crippen LogP contribution is 2.28. The minimum atomic E-state index is 0.569. The zero-order valence-corrected chi connectivity index (χ0v) is 17.1. The van der Waals surface area contributed by atoms with E-state index >= 15 is 0 Å². The van der Waals surface area contributed by atoms with Crippen LogP contribution in [0.3, 0.4) is 0 Å². The standard InChI is InChI=1S/C24H24N2OS/c1-3-5-6-18-7-11-20(12-8-18)23-17-28-24(26-23)21(16-25)15-19-9-13-22(14-10-19)27-4-2/h7-15,17H,3-6H2,1-2H3/b21-15-. The van der Waals surface area contributed by atoms with Gasteiger partial charge < -0.3 is 4.74 Å². The van der Waals surface area contributed by atoms with Gasteiger partial charge in [-0.15, -0.1) is 11.3 Å². The van der Waals surface area contributed by atoms with Crippen LogP contribution < -0.4 is 4.74 Å². The molecular formula is C24H24N2OS. The van der Waals surface area contributed by atoms with Gasteiger partial charge in [0.15, 0.2) is 0 Å². The fraction of sp³-hybridized carbons (Fsp3) is 0.250. The first-order valence-electron chi connectivity index (χ1n) is 9.63. The topological polar surface area (TPSA) is 45.9 Å². The number of nitriles is 1. The van der Waals surface area contributed by atoms with Crippen LogP contribution in [-0.2, 0) is 6.42 Å².